The van der Waals surface area contributed by atoms with Crippen molar-refractivity contribution in [2.24, 2.45) is 11.8 Å². The predicted molar refractivity (Wildman–Crippen MR) is 156 cm³/mol. The third-order valence-corrected chi connectivity index (χ3v) is 8.58. The van der Waals surface area contributed by atoms with E-state index in [1.807, 2.05) is 78.7 Å². The lowest BCUT2D eigenvalue weighted by atomic mass is 9.75. The molecule has 0 bridgehead atoms. The average Bonchev–Trinajstić information content (AvgIpc) is 3.53. The summed E-state index contributed by atoms with van der Waals surface area (Å²) in [6.45, 7) is 8.82. The van der Waals surface area contributed by atoms with Crippen LogP contribution in [0.4, 0.5) is 5.69 Å². The lowest BCUT2D eigenvalue weighted by molar-refractivity contribution is 0.0620. The Morgan fingerprint density at radius 2 is 1.49 bits per heavy atom. The van der Waals surface area contributed by atoms with Gasteiger partial charge in [0.15, 0.2) is 0 Å². The first-order valence-electron chi connectivity index (χ1n) is 14.2. The van der Waals surface area contributed by atoms with Crippen molar-refractivity contribution >= 4 is 11.6 Å². The molecular formula is C34H37N3O2. The summed E-state index contributed by atoms with van der Waals surface area (Å²) in [5, 5.41) is 7.10. The van der Waals surface area contributed by atoms with Crippen molar-refractivity contribution in [3.8, 4) is 11.3 Å². The molecule has 0 radical (unpaired) electrons. The second-order valence-corrected chi connectivity index (χ2v) is 11.4. The van der Waals surface area contributed by atoms with E-state index in [4.69, 9.17) is 9.94 Å². The Hall–Kier alpha value is -3.70. The van der Waals surface area contributed by atoms with Gasteiger partial charge in [-0.15, -0.1) is 0 Å². The first-order chi connectivity index (χ1) is 19.0. The quantitative estimate of drug-likeness (QED) is 0.268. The Balaban J connectivity index is 1.52. The smallest absolute Gasteiger partial charge is 0.255 e. The molecule has 0 spiro atoms. The Bertz CT molecular complexity index is 1430. The second-order valence-electron chi connectivity index (χ2n) is 11.4. The lowest BCUT2D eigenvalue weighted by Crippen LogP contribution is -2.33. The molecule has 0 amide bonds. The fourth-order valence-corrected chi connectivity index (χ4v) is 6.58. The van der Waals surface area contributed by atoms with Crippen LogP contribution in [0.5, 0.6) is 0 Å². The van der Waals surface area contributed by atoms with E-state index in [1.165, 1.54) is 5.56 Å². The molecule has 39 heavy (non-hydrogen) atoms. The van der Waals surface area contributed by atoms with Gasteiger partial charge in [-0.05, 0) is 49.3 Å². The molecule has 5 nitrogen and oxygen atoms in total. The van der Waals surface area contributed by atoms with Gasteiger partial charge < -0.3 is 0 Å². The molecule has 2 aliphatic rings. The molecule has 2 heterocycles. The van der Waals surface area contributed by atoms with Crippen molar-refractivity contribution in [2.75, 3.05) is 5.06 Å². The van der Waals surface area contributed by atoms with E-state index in [-0.39, 0.29) is 18.1 Å². The standard InChI is InChI=1S/C34H37N3O2/c1-22(2)28-21-20-23(3)29-31(28)35-36(32(29)25-14-8-5-9-15-25)34(38)30-24(4)39-37(27-18-12-7-13-19-27)33(30)26-16-10-6-11-17-26/h5-19,22-24,28,30,33H,20-21H2,1-4H3. The van der Waals surface area contributed by atoms with Gasteiger partial charge in [0.05, 0.1) is 35.1 Å². The van der Waals surface area contributed by atoms with Crippen molar-refractivity contribution < 1.29 is 9.63 Å². The predicted octanol–water partition coefficient (Wildman–Crippen LogP) is 8.03. The minimum atomic E-state index is -0.441. The van der Waals surface area contributed by atoms with Crippen molar-refractivity contribution in [3.05, 3.63) is 108 Å². The van der Waals surface area contributed by atoms with Gasteiger partial charge in [0.25, 0.3) is 5.91 Å². The van der Waals surface area contributed by atoms with Gasteiger partial charge >= 0.3 is 0 Å². The molecular weight excluding hydrogens is 482 g/mol. The molecule has 3 aromatic carbocycles. The highest BCUT2D eigenvalue weighted by Gasteiger charge is 2.48. The Kier molecular flexibility index (Phi) is 6.86. The number of hydroxylamine groups is 1. The van der Waals surface area contributed by atoms with Crippen LogP contribution in [0, 0.1) is 11.8 Å². The summed E-state index contributed by atoms with van der Waals surface area (Å²) in [6.07, 6.45) is 1.88. The van der Waals surface area contributed by atoms with Gasteiger partial charge in [-0.2, -0.15) is 9.78 Å². The fourth-order valence-electron chi connectivity index (χ4n) is 6.58. The molecule has 0 N–H and O–H groups in total. The van der Waals surface area contributed by atoms with E-state index in [2.05, 4.69) is 45.0 Å². The SMILES string of the molecule is CC1CCC(C(C)C)c2nn(C(=O)C3C(C)ON(c4ccccc4)C3c3ccccc3)c(-c3ccccc3)c21. The lowest BCUT2D eigenvalue weighted by Gasteiger charge is -2.29. The topological polar surface area (TPSA) is 47.4 Å². The molecule has 4 aromatic rings. The van der Waals surface area contributed by atoms with E-state index < -0.39 is 5.92 Å². The first-order valence-corrected chi connectivity index (χ1v) is 14.2. The summed E-state index contributed by atoms with van der Waals surface area (Å²) in [7, 11) is 0. The molecule has 5 atom stereocenters. The maximum absolute atomic E-state index is 14.8. The zero-order valence-electron chi connectivity index (χ0n) is 23.2. The number of rotatable bonds is 5. The largest absolute Gasteiger partial charge is 0.272 e. The molecule has 1 fully saturated rings. The van der Waals surface area contributed by atoms with Crippen LogP contribution in [0.2, 0.25) is 0 Å². The maximum atomic E-state index is 14.8. The number of anilines is 1. The number of carbonyl (C=O) groups is 1. The zero-order chi connectivity index (χ0) is 27.1. The number of fused-ring (bicyclic) bond motifs is 1. The van der Waals surface area contributed by atoms with Gasteiger partial charge in [0.2, 0.25) is 0 Å². The second kappa shape index (κ2) is 10.5. The number of hydrogen-bond donors (Lipinski definition) is 0. The number of nitrogens with zero attached hydrogens (tertiary/aromatic N) is 3. The van der Waals surface area contributed by atoms with Gasteiger partial charge in [0, 0.05) is 17.0 Å². The summed E-state index contributed by atoms with van der Waals surface area (Å²) >= 11 is 0. The summed E-state index contributed by atoms with van der Waals surface area (Å²) in [4.78, 5) is 21.3. The van der Waals surface area contributed by atoms with Crippen molar-refractivity contribution in [1.29, 1.82) is 0 Å². The number of aromatic nitrogens is 2. The zero-order valence-corrected chi connectivity index (χ0v) is 23.2. The molecule has 1 aliphatic carbocycles. The molecule has 5 heteroatoms. The van der Waals surface area contributed by atoms with Gasteiger partial charge in [-0.25, -0.2) is 5.06 Å². The molecule has 6 rings (SSSR count). The molecule has 5 unspecified atom stereocenters. The Morgan fingerprint density at radius 1 is 0.872 bits per heavy atom. The molecule has 200 valence electrons. The fraction of sp³-hybridized carbons (Fsp3) is 0.353. The molecule has 1 saturated heterocycles. The summed E-state index contributed by atoms with van der Waals surface area (Å²) in [5.74, 6) is 0.685. The van der Waals surface area contributed by atoms with Crippen LogP contribution < -0.4 is 5.06 Å². The highest BCUT2D eigenvalue weighted by Crippen LogP contribution is 2.48. The highest BCUT2D eigenvalue weighted by molar-refractivity contribution is 5.88. The number of hydrogen-bond acceptors (Lipinski definition) is 4. The van der Waals surface area contributed by atoms with Crippen molar-refractivity contribution in [2.45, 2.75) is 64.5 Å². The van der Waals surface area contributed by atoms with Crippen LogP contribution in [-0.4, -0.2) is 21.8 Å². The Morgan fingerprint density at radius 3 is 2.13 bits per heavy atom. The van der Waals surface area contributed by atoms with Crippen LogP contribution in [0.15, 0.2) is 91.0 Å². The minimum Gasteiger partial charge on any atom is -0.272 e. The van der Waals surface area contributed by atoms with E-state index >= 15 is 0 Å². The first kappa shape index (κ1) is 25.6. The van der Waals surface area contributed by atoms with Crippen LogP contribution in [0.3, 0.4) is 0 Å². The van der Waals surface area contributed by atoms with Crippen molar-refractivity contribution in [1.82, 2.24) is 9.78 Å². The van der Waals surface area contributed by atoms with E-state index in [1.54, 1.807) is 4.68 Å². The van der Waals surface area contributed by atoms with Crippen LogP contribution >= 0.6 is 0 Å². The third-order valence-electron chi connectivity index (χ3n) is 8.58. The van der Waals surface area contributed by atoms with E-state index in [9.17, 15) is 4.79 Å². The molecule has 0 saturated carbocycles. The molecule has 1 aliphatic heterocycles. The molecule has 1 aromatic heterocycles. The van der Waals surface area contributed by atoms with Gasteiger partial charge in [0.1, 0.15) is 0 Å². The van der Waals surface area contributed by atoms with Crippen LogP contribution in [0.25, 0.3) is 11.3 Å². The minimum absolute atomic E-state index is 0.0160. The average molecular weight is 520 g/mol. The van der Waals surface area contributed by atoms with Gasteiger partial charge in [-0.1, -0.05) is 99.6 Å². The Labute approximate surface area is 231 Å². The third kappa shape index (κ3) is 4.49. The highest BCUT2D eigenvalue weighted by atomic mass is 16.7. The van der Waals surface area contributed by atoms with Gasteiger partial charge in [-0.3, -0.25) is 9.63 Å². The van der Waals surface area contributed by atoms with Crippen molar-refractivity contribution in [3.63, 3.8) is 0 Å². The number of carbonyl (C=O) groups excluding carboxylic acids is 1. The summed E-state index contributed by atoms with van der Waals surface area (Å²) in [5.41, 5.74) is 6.31. The normalized spacial score (nSPS) is 24.6. The van der Waals surface area contributed by atoms with Crippen LogP contribution in [-0.2, 0) is 4.84 Å². The maximum Gasteiger partial charge on any atom is 0.255 e. The van der Waals surface area contributed by atoms with E-state index in [0.717, 1.165) is 41.0 Å². The number of para-hydroxylation sites is 1. The monoisotopic (exact) mass is 519 g/mol. The van der Waals surface area contributed by atoms with Crippen LogP contribution in [0.1, 0.15) is 80.0 Å². The van der Waals surface area contributed by atoms with E-state index in [0.29, 0.717) is 17.8 Å². The summed E-state index contributed by atoms with van der Waals surface area (Å²) < 4.78 is 1.74. The number of benzene rings is 3. The summed E-state index contributed by atoms with van der Waals surface area (Å²) in [6, 6.07) is 30.4.